The van der Waals surface area contributed by atoms with Gasteiger partial charge < -0.3 is 5.32 Å². The van der Waals surface area contributed by atoms with Crippen LogP contribution < -0.4 is 10.9 Å². The van der Waals surface area contributed by atoms with E-state index in [1.165, 1.54) is 16.8 Å². The number of rotatable bonds is 5. The summed E-state index contributed by atoms with van der Waals surface area (Å²) in [7, 11) is 0. The van der Waals surface area contributed by atoms with Gasteiger partial charge in [-0.3, -0.25) is 9.59 Å². The number of carbonyl (C=O) groups excluding carboxylic acids is 1. The minimum absolute atomic E-state index is 0.214. The lowest BCUT2D eigenvalue weighted by atomic mass is 10.1. The molecule has 0 saturated heterocycles. The second-order valence-corrected chi connectivity index (χ2v) is 5.30. The molecule has 2 aromatic carbocycles. The maximum Gasteiger partial charge on any atom is 0.271 e. The fourth-order valence-corrected chi connectivity index (χ4v) is 2.34. The molecular formula is C19H17N3O2. The molecule has 3 aromatic rings. The Morgan fingerprint density at radius 1 is 0.917 bits per heavy atom. The van der Waals surface area contributed by atoms with Gasteiger partial charge in [-0.1, -0.05) is 48.5 Å². The highest BCUT2D eigenvalue weighted by molar-refractivity contribution is 5.92. The average molecular weight is 319 g/mol. The van der Waals surface area contributed by atoms with Crippen LogP contribution >= 0.6 is 0 Å². The van der Waals surface area contributed by atoms with Gasteiger partial charge in [-0.15, -0.1) is 0 Å². The van der Waals surface area contributed by atoms with Crippen LogP contribution in [0.5, 0.6) is 0 Å². The smallest absolute Gasteiger partial charge is 0.271 e. The molecule has 1 heterocycles. The van der Waals surface area contributed by atoms with Crippen molar-refractivity contribution in [2.45, 2.75) is 6.42 Å². The van der Waals surface area contributed by atoms with E-state index in [2.05, 4.69) is 10.4 Å². The predicted octanol–water partition coefficient (Wildman–Crippen LogP) is 2.21. The van der Waals surface area contributed by atoms with Crippen LogP contribution in [0.2, 0.25) is 0 Å². The Kier molecular flexibility index (Phi) is 4.81. The summed E-state index contributed by atoms with van der Waals surface area (Å²) in [6, 6.07) is 21.7. The molecule has 0 fully saturated rings. The van der Waals surface area contributed by atoms with Crippen LogP contribution in [-0.2, 0) is 6.42 Å². The number of aromatic nitrogens is 2. The summed E-state index contributed by atoms with van der Waals surface area (Å²) in [5.74, 6) is -0.296. The van der Waals surface area contributed by atoms with Gasteiger partial charge in [0, 0.05) is 12.6 Å². The third-order valence-corrected chi connectivity index (χ3v) is 3.58. The molecular weight excluding hydrogens is 302 g/mol. The molecule has 0 atom stereocenters. The van der Waals surface area contributed by atoms with Crippen LogP contribution in [-0.4, -0.2) is 22.2 Å². The molecule has 1 amide bonds. The number of hydrogen-bond donors (Lipinski definition) is 1. The average Bonchev–Trinajstić information content (AvgIpc) is 2.63. The van der Waals surface area contributed by atoms with Crippen molar-refractivity contribution in [3.05, 3.63) is 94.4 Å². The molecule has 1 N–H and O–H groups in total. The molecule has 3 rings (SSSR count). The van der Waals surface area contributed by atoms with Crippen LogP contribution in [0.1, 0.15) is 16.1 Å². The number of nitrogens with one attached hydrogen (secondary N) is 1. The van der Waals surface area contributed by atoms with Gasteiger partial charge in [-0.25, -0.2) is 0 Å². The van der Waals surface area contributed by atoms with E-state index in [1.807, 2.05) is 48.5 Å². The second kappa shape index (κ2) is 7.37. The van der Waals surface area contributed by atoms with Crippen LogP contribution in [0.25, 0.3) is 5.69 Å². The summed E-state index contributed by atoms with van der Waals surface area (Å²) in [5, 5.41) is 6.99. The number of benzene rings is 2. The third-order valence-electron chi connectivity index (χ3n) is 3.58. The van der Waals surface area contributed by atoms with Gasteiger partial charge in [0.2, 0.25) is 0 Å². The van der Waals surface area contributed by atoms with Gasteiger partial charge >= 0.3 is 0 Å². The van der Waals surface area contributed by atoms with Crippen molar-refractivity contribution in [3.8, 4) is 5.69 Å². The van der Waals surface area contributed by atoms with E-state index in [4.69, 9.17) is 0 Å². The summed E-state index contributed by atoms with van der Waals surface area (Å²) in [5.41, 5.74) is 1.72. The standard InChI is InChI=1S/C19H17N3O2/c23-18-12-11-17(21-22(18)16-9-5-2-6-10-16)19(24)20-14-13-15-7-3-1-4-8-15/h1-12H,13-14H2,(H,20,24). The Bertz CT molecular complexity index is 874. The molecule has 0 radical (unpaired) electrons. The maximum atomic E-state index is 12.2. The molecule has 0 spiro atoms. The first kappa shape index (κ1) is 15.7. The van der Waals surface area contributed by atoms with E-state index in [9.17, 15) is 9.59 Å². The fraction of sp³-hybridized carbons (Fsp3) is 0.105. The first-order valence-corrected chi connectivity index (χ1v) is 7.72. The Balaban J connectivity index is 1.70. The maximum absolute atomic E-state index is 12.2. The zero-order chi connectivity index (χ0) is 16.8. The largest absolute Gasteiger partial charge is 0.350 e. The van der Waals surface area contributed by atoms with Crippen molar-refractivity contribution in [2.75, 3.05) is 6.54 Å². The monoisotopic (exact) mass is 319 g/mol. The highest BCUT2D eigenvalue weighted by atomic mass is 16.2. The van der Waals surface area contributed by atoms with Crippen LogP contribution in [0.15, 0.2) is 77.6 Å². The molecule has 5 heteroatoms. The minimum atomic E-state index is -0.296. The molecule has 0 aliphatic rings. The molecule has 0 aliphatic heterocycles. The van der Waals surface area contributed by atoms with Gasteiger partial charge in [-0.05, 0) is 30.2 Å². The molecule has 1 aromatic heterocycles. The van der Waals surface area contributed by atoms with Crippen molar-refractivity contribution in [2.24, 2.45) is 0 Å². The van der Waals surface area contributed by atoms with Gasteiger partial charge in [0.1, 0.15) is 5.69 Å². The molecule has 5 nitrogen and oxygen atoms in total. The Morgan fingerprint density at radius 2 is 1.58 bits per heavy atom. The van der Waals surface area contributed by atoms with Crippen molar-refractivity contribution >= 4 is 5.91 Å². The Labute approximate surface area is 139 Å². The van der Waals surface area contributed by atoms with E-state index < -0.39 is 0 Å². The molecule has 0 unspecified atom stereocenters. The zero-order valence-corrected chi connectivity index (χ0v) is 13.1. The predicted molar refractivity (Wildman–Crippen MR) is 92.3 cm³/mol. The summed E-state index contributed by atoms with van der Waals surface area (Å²) in [6.45, 7) is 0.509. The van der Waals surface area contributed by atoms with Gasteiger partial charge in [0.15, 0.2) is 0 Å². The molecule has 0 aliphatic carbocycles. The topological polar surface area (TPSA) is 64.0 Å². The van der Waals surface area contributed by atoms with Crippen LogP contribution in [0.4, 0.5) is 0 Å². The number of hydrogen-bond acceptors (Lipinski definition) is 3. The summed E-state index contributed by atoms with van der Waals surface area (Å²) in [6.07, 6.45) is 0.741. The molecule has 120 valence electrons. The number of para-hydroxylation sites is 1. The highest BCUT2D eigenvalue weighted by Gasteiger charge is 2.10. The summed E-state index contributed by atoms with van der Waals surface area (Å²) >= 11 is 0. The number of nitrogens with zero attached hydrogens (tertiary/aromatic N) is 2. The van der Waals surface area contributed by atoms with Crippen molar-refractivity contribution in [1.82, 2.24) is 15.1 Å². The van der Waals surface area contributed by atoms with E-state index in [0.29, 0.717) is 12.2 Å². The van der Waals surface area contributed by atoms with E-state index in [0.717, 1.165) is 12.0 Å². The van der Waals surface area contributed by atoms with E-state index in [-0.39, 0.29) is 17.2 Å². The normalized spacial score (nSPS) is 10.3. The fourth-order valence-electron chi connectivity index (χ4n) is 2.34. The molecule has 24 heavy (non-hydrogen) atoms. The number of carbonyl (C=O) groups is 1. The lowest BCUT2D eigenvalue weighted by Crippen LogP contribution is -2.30. The van der Waals surface area contributed by atoms with Crippen molar-refractivity contribution < 1.29 is 4.79 Å². The lowest BCUT2D eigenvalue weighted by Gasteiger charge is -2.08. The van der Waals surface area contributed by atoms with Gasteiger partial charge in [-0.2, -0.15) is 9.78 Å². The third kappa shape index (κ3) is 3.76. The summed E-state index contributed by atoms with van der Waals surface area (Å²) < 4.78 is 1.23. The quantitative estimate of drug-likeness (QED) is 0.784. The number of amides is 1. The van der Waals surface area contributed by atoms with Crippen molar-refractivity contribution in [3.63, 3.8) is 0 Å². The molecule has 0 bridgehead atoms. The Hall–Kier alpha value is -3.21. The molecule has 0 saturated carbocycles. The Morgan fingerprint density at radius 3 is 2.29 bits per heavy atom. The first-order valence-electron chi connectivity index (χ1n) is 7.72. The first-order chi connectivity index (χ1) is 11.7. The summed E-state index contributed by atoms with van der Waals surface area (Å²) in [4.78, 5) is 24.2. The highest BCUT2D eigenvalue weighted by Crippen LogP contribution is 2.03. The van der Waals surface area contributed by atoms with Gasteiger partial charge in [0.05, 0.1) is 5.69 Å². The van der Waals surface area contributed by atoms with E-state index in [1.54, 1.807) is 12.1 Å². The lowest BCUT2D eigenvalue weighted by molar-refractivity contribution is 0.0947. The second-order valence-electron chi connectivity index (χ2n) is 5.30. The van der Waals surface area contributed by atoms with Gasteiger partial charge in [0.25, 0.3) is 11.5 Å². The SMILES string of the molecule is O=C(NCCc1ccccc1)c1ccc(=O)n(-c2ccccc2)n1. The van der Waals surface area contributed by atoms with E-state index >= 15 is 0 Å². The zero-order valence-electron chi connectivity index (χ0n) is 13.1. The minimum Gasteiger partial charge on any atom is -0.350 e. The van der Waals surface area contributed by atoms with Crippen LogP contribution in [0.3, 0.4) is 0 Å². The van der Waals surface area contributed by atoms with Crippen molar-refractivity contribution in [1.29, 1.82) is 0 Å². The van der Waals surface area contributed by atoms with Crippen LogP contribution in [0, 0.1) is 0 Å².